The molecule has 0 unspecified atom stereocenters. The maximum absolute atomic E-state index is 6.48. The summed E-state index contributed by atoms with van der Waals surface area (Å²) in [5, 5.41) is 0. The van der Waals surface area contributed by atoms with E-state index in [0.29, 0.717) is 0 Å². The highest BCUT2D eigenvalue weighted by Gasteiger charge is 2.58. The number of anilines is 2. The molecule has 0 radical (unpaired) electrons. The van der Waals surface area contributed by atoms with Crippen LogP contribution in [0.25, 0.3) is 0 Å². The van der Waals surface area contributed by atoms with E-state index in [1.165, 1.54) is 11.4 Å². The van der Waals surface area contributed by atoms with Crippen LogP contribution in [0.15, 0.2) is 60.7 Å². The van der Waals surface area contributed by atoms with Crippen LogP contribution in [-0.4, -0.2) is 49.5 Å². The first kappa shape index (κ1) is 18.0. The normalized spacial score (nSPS) is 32.1. The van der Waals surface area contributed by atoms with Gasteiger partial charge < -0.3 is 24.0 Å². The Morgan fingerprint density at radius 3 is 1.79 bits per heavy atom. The van der Waals surface area contributed by atoms with Gasteiger partial charge in [-0.1, -0.05) is 36.4 Å². The van der Waals surface area contributed by atoms with Crippen LogP contribution in [0, 0.1) is 0 Å². The minimum Gasteiger partial charge on any atom is -0.366 e. The molecule has 3 heterocycles. The fourth-order valence-corrected chi connectivity index (χ4v) is 4.88. The van der Waals surface area contributed by atoms with Crippen molar-refractivity contribution in [3.05, 3.63) is 60.7 Å². The Kier molecular flexibility index (Phi) is 4.34. The minimum absolute atomic E-state index is 0.00706. The van der Waals surface area contributed by atoms with Gasteiger partial charge in [0.15, 0.2) is 5.79 Å². The lowest BCUT2D eigenvalue weighted by molar-refractivity contribution is -0.186. The molecule has 3 saturated heterocycles. The van der Waals surface area contributed by atoms with Gasteiger partial charge >= 0.3 is 0 Å². The van der Waals surface area contributed by atoms with Gasteiger partial charge in [-0.25, -0.2) is 0 Å². The lowest BCUT2D eigenvalue weighted by Gasteiger charge is -2.38. The van der Waals surface area contributed by atoms with Crippen molar-refractivity contribution in [3.63, 3.8) is 0 Å². The zero-order valence-corrected chi connectivity index (χ0v) is 16.7. The fourth-order valence-electron chi connectivity index (χ4n) is 4.88. The smallest absolute Gasteiger partial charge is 0.164 e. The molecular weight excluding hydrogens is 352 g/mol. The Bertz CT molecular complexity index is 766. The van der Waals surface area contributed by atoms with Crippen LogP contribution in [0.1, 0.15) is 20.8 Å². The van der Waals surface area contributed by atoms with Gasteiger partial charge in [0.05, 0.1) is 6.10 Å². The van der Waals surface area contributed by atoms with Crippen LogP contribution in [0.2, 0.25) is 0 Å². The van der Waals surface area contributed by atoms with Crippen LogP contribution >= 0.6 is 0 Å². The van der Waals surface area contributed by atoms with Gasteiger partial charge in [0.2, 0.25) is 0 Å². The summed E-state index contributed by atoms with van der Waals surface area (Å²) in [6, 6.07) is 21.2. The topological polar surface area (TPSA) is 34.2 Å². The first-order valence-electron chi connectivity index (χ1n) is 10.2. The van der Waals surface area contributed by atoms with Gasteiger partial charge in [-0.05, 0) is 45.0 Å². The van der Waals surface area contributed by atoms with Crippen LogP contribution in [0.5, 0.6) is 0 Å². The molecule has 2 aromatic carbocycles. The van der Waals surface area contributed by atoms with Gasteiger partial charge in [0.25, 0.3) is 0 Å². The highest BCUT2D eigenvalue weighted by molar-refractivity contribution is 5.57. The zero-order chi connectivity index (χ0) is 19.3. The molecule has 3 aliphatic heterocycles. The van der Waals surface area contributed by atoms with E-state index in [2.05, 4.69) is 77.4 Å². The summed E-state index contributed by atoms with van der Waals surface area (Å²) in [7, 11) is 0. The number of hydrogen-bond acceptors (Lipinski definition) is 5. The molecule has 0 bridgehead atoms. The molecule has 5 heteroatoms. The maximum Gasteiger partial charge on any atom is 0.164 e. The van der Waals surface area contributed by atoms with E-state index in [1.54, 1.807) is 0 Å². The van der Waals surface area contributed by atoms with E-state index in [-0.39, 0.29) is 30.6 Å². The van der Waals surface area contributed by atoms with Crippen molar-refractivity contribution >= 4 is 11.4 Å². The fraction of sp³-hybridized carbons (Fsp3) is 0.478. The van der Waals surface area contributed by atoms with Crippen molar-refractivity contribution in [1.82, 2.24) is 0 Å². The standard InChI is InChI=1S/C23H28N2O3/c1-16-19-20(28-23(2,3)27-19)21(26-16)22-24(17-10-6-4-7-11-17)14-15-25(22)18-12-8-5-9-13-18/h4-13,16,19-22H,14-15H2,1-3H3/t16-,19-,20-,21-/m1/s1. The van der Waals surface area contributed by atoms with E-state index in [1.807, 2.05) is 13.8 Å². The molecule has 3 fully saturated rings. The summed E-state index contributed by atoms with van der Waals surface area (Å²) in [4.78, 5) is 4.89. The lowest BCUT2D eigenvalue weighted by atomic mass is 10.0. The largest absolute Gasteiger partial charge is 0.366 e. The summed E-state index contributed by atoms with van der Waals surface area (Å²) in [5.74, 6) is -0.570. The summed E-state index contributed by atoms with van der Waals surface area (Å²) in [6.07, 6.45) is -0.140. The minimum atomic E-state index is -0.570. The first-order valence-corrected chi connectivity index (χ1v) is 10.2. The summed E-state index contributed by atoms with van der Waals surface area (Å²) >= 11 is 0. The number of nitrogens with zero attached hydrogens (tertiary/aromatic N) is 2. The predicted octanol–water partition coefficient (Wildman–Crippen LogP) is 3.65. The Hall–Kier alpha value is -2.08. The van der Waals surface area contributed by atoms with Crippen LogP contribution in [0.3, 0.4) is 0 Å². The highest BCUT2D eigenvalue weighted by Crippen LogP contribution is 2.43. The molecule has 3 aliphatic rings. The van der Waals surface area contributed by atoms with E-state index >= 15 is 0 Å². The zero-order valence-electron chi connectivity index (χ0n) is 16.7. The van der Waals surface area contributed by atoms with Gasteiger partial charge in [-0.15, -0.1) is 0 Å². The van der Waals surface area contributed by atoms with E-state index in [4.69, 9.17) is 14.2 Å². The third kappa shape index (κ3) is 2.98. The molecule has 5 nitrogen and oxygen atoms in total. The van der Waals surface area contributed by atoms with Gasteiger partial charge in [-0.2, -0.15) is 0 Å². The number of benzene rings is 2. The van der Waals surface area contributed by atoms with Crippen molar-refractivity contribution in [2.45, 2.75) is 57.1 Å². The van der Waals surface area contributed by atoms with E-state index in [9.17, 15) is 0 Å². The van der Waals surface area contributed by atoms with Crippen LogP contribution < -0.4 is 9.80 Å². The van der Waals surface area contributed by atoms with E-state index < -0.39 is 5.79 Å². The molecule has 5 rings (SSSR count). The van der Waals surface area contributed by atoms with Crippen LogP contribution in [-0.2, 0) is 14.2 Å². The second-order valence-electron chi connectivity index (χ2n) is 8.34. The Morgan fingerprint density at radius 2 is 1.25 bits per heavy atom. The maximum atomic E-state index is 6.48. The molecule has 0 spiro atoms. The average Bonchev–Trinajstić information content (AvgIpc) is 3.35. The Balaban J connectivity index is 1.53. The second kappa shape index (κ2) is 6.76. The van der Waals surface area contributed by atoms with E-state index in [0.717, 1.165) is 13.1 Å². The molecule has 0 saturated carbocycles. The number of para-hydroxylation sites is 2. The van der Waals surface area contributed by atoms with Crippen molar-refractivity contribution in [1.29, 1.82) is 0 Å². The second-order valence-corrected chi connectivity index (χ2v) is 8.34. The molecule has 148 valence electrons. The van der Waals surface area contributed by atoms with Crippen molar-refractivity contribution in [3.8, 4) is 0 Å². The molecule has 2 aromatic rings. The molecule has 0 N–H and O–H groups in total. The first-order chi connectivity index (χ1) is 13.5. The van der Waals surface area contributed by atoms with Crippen LogP contribution in [0.4, 0.5) is 11.4 Å². The third-order valence-corrected chi connectivity index (χ3v) is 6.01. The molecular formula is C23H28N2O3. The molecule has 28 heavy (non-hydrogen) atoms. The summed E-state index contributed by atoms with van der Waals surface area (Å²) in [6.45, 7) is 7.97. The monoisotopic (exact) mass is 380 g/mol. The molecule has 4 atom stereocenters. The lowest BCUT2D eigenvalue weighted by Crippen LogP contribution is -2.53. The Morgan fingerprint density at radius 1 is 0.750 bits per heavy atom. The number of fused-ring (bicyclic) bond motifs is 1. The molecule has 0 aliphatic carbocycles. The summed E-state index contributed by atoms with van der Waals surface area (Å²) in [5.41, 5.74) is 2.42. The molecule has 0 amide bonds. The summed E-state index contributed by atoms with van der Waals surface area (Å²) < 4.78 is 19.0. The predicted molar refractivity (Wildman–Crippen MR) is 110 cm³/mol. The van der Waals surface area contributed by atoms with Crippen molar-refractivity contribution in [2.24, 2.45) is 0 Å². The SMILES string of the molecule is C[C@H]1O[C@@H](C2N(c3ccccc3)CCN2c2ccccc2)[C@@H]2OC(C)(C)O[C@@H]21. The quantitative estimate of drug-likeness (QED) is 0.812. The van der Waals surface area contributed by atoms with Crippen molar-refractivity contribution < 1.29 is 14.2 Å². The highest BCUT2D eigenvalue weighted by atomic mass is 16.8. The van der Waals surface area contributed by atoms with Gasteiger partial charge in [-0.3, -0.25) is 0 Å². The van der Waals surface area contributed by atoms with Crippen molar-refractivity contribution in [2.75, 3.05) is 22.9 Å². The average molecular weight is 380 g/mol. The number of rotatable bonds is 3. The number of hydrogen-bond donors (Lipinski definition) is 0. The van der Waals surface area contributed by atoms with Gasteiger partial charge in [0, 0.05) is 24.5 Å². The number of ether oxygens (including phenoxy) is 3. The third-order valence-electron chi connectivity index (χ3n) is 6.01. The molecule has 0 aromatic heterocycles. The Labute approximate surface area is 166 Å². The van der Waals surface area contributed by atoms with Gasteiger partial charge in [0.1, 0.15) is 24.5 Å².